The Bertz CT molecular complexity index is 670. The predicted octanol–water partition coefficient (Wildman–Crippen LogP) is 3.16. The molecule has 1 saturated heterocycles. The minimum Gasteiger partial charge on any atom is -0.481 e. The number of sulfonamides is 1. The van der Waals surface area contributed by atoms with Crippen LogP contribution in [0, 0.1) is 5.92 Å². The summed E-state index contributed by atoms with van der Waals surface area (Å²) in [5, 5.41) is 9.07. The molecule has 1 fully saturated rings. The van der Waals surface area contributed by atoms with E-state index in [1.807, 2.05) is 12.2 Å². The van der Waals surface area contributed by atoms with Gasteiger partial charge < -0.3 is 5.11 Å². The number of benzene rings is 1. The number of carboxylic acids is 1. The first kappa shape index (κ1) is 18.0. The van der Waals surface area contributed by atoms with Gasteiger partial charge in [0, 0.05) is 24.5 Å². The van der Waals surface area contributed by atoms with Crippen molar-refractivity contribution in [1.29, 1.82) is 0 Å². The van der Waals surface area contributed by atoms with Crippen LogP contribution in [-0.4, -0.2) is 36.9 Å². The van der Waals surface area contributed by atoms with Crippen LogP contribution >= 0.6 is 11.6 Å². The van der Waals surface area contributed by atoms with E-state index in [0.717, 1.165) is 12.8 Å². The molecule has 1 heterocycles. The average molecular weight is 358 g/mol. The summed E-state index contributed by atoms with van der Waals surface area (Å²) in [7, 11) is -3.46. The van der Waals surface area contributed by atoms with Crippen LogP contribution < -0.4 is 0 Å². The third-order valence-corrected chi connectivity index (χ3v) is 5.99. The van der Waals surface area contributed by atoms with E-state index >= 15 is 0 Å². The first-order valence-electron chi connectivity index (χ1n) is 7.52. The maximum Gasteiger partial charge on any atom is 0.303 e. The van der Waals surface area contributed by atoms with Gasteiger partial charge >= 0.3 is 5.97 Å². The molecular weight excluding hydrogens is 338 g/mol. The minimum atomic E-state index is -3.46. The molecule has 1 atom stereocenters. The molecule has 126 valence electrons. The van der Waals surface area contributed by atoms with Crippen LogP contribution in [0.2, 0.25) is 5.02 Å². The maximum atomic E-state index is 12.5. The number of aliphatic carboxylic acids is 1. The lowest BCUT2D eigenvalue weighted by atomic mass is 10.0. The first-order valence-corrected chi connectivity index (χ1v) is 9.34. The van der Waals surface area contributed by atoms with Crippen LogP contribution in [0.1, 0.15) is 25.7 Å². The molecule has 0 amide bonds. The van der Waals surface area contributed by atoms with Crippen LogP contribution in [0.3, 0.4) is 0 Å². The van der Waals surface area contributed by atoms with Gasteiger partial charge in [0.1, 0.15) is 0 Å². The Morgan fingerprint density at radius 3 is 2.65 bits per heavy atom. The number of allylic oxidation sites excluding steroid dienone is 2. The van der Waals surface area contributed by atoms with Crippen LogP contribution in [0.15, 0.2) is 41.3 Å². The fourth-order valence-corrected chi connectivity index (χ4v) is 4.23. The highest BCUT2D eigenvalue weighted by Gasteiger charge is 2.31. The lowest BCUT2D eigenvalue weighted by molar-refractivity contribution is -0.136. The molecule has 1 N–H and O–H groups in total. The molecule has 5 nitrogen and oxygen atoms in total. The molecule has 1 aromatic rings. The lowest BCUT2D eigenvalue weighted by Gasteiger charge is -2.16. The zero-order valence-electron chi connectivity index (χ0n) is 12.7. The van der Waals surface area contributed by atoms with Gasteiger partial charge in [-0.15, -0.1) is 0 Å². The van der Waals surface area contributed by atoms with Crippen molar-refractivity contribution in [1.82, 2.24) is 4.31 Å². The first-order chi connectivity index (χ1) is 10.9. The molecule has 0 spiro atoms. The quantitative estimate of drug-likeness (QED) is 0.760. The Morgan fingerprint density at radius 2 is 2.00 bits per heavy atom. The molecule has 0 unspecified atom stereocenters. The summed E-state index contributed by atoms with van der Waals surface area (Å²) in [6.45, 7) is 1.01. The Kier molecular flexibility index (Phi) is 6.21. The molecule has 0 saturated carbocycles. The fraction of sp³-hybridized carbons (Fsp3) is 0.438. The third kappa shape index (κ3) is 5.06. The second-order valence-corrected chi connectivity index (χ2v) is 7.99. The largest absolute Gasteiger partial charge is 0.481 e. The topological polar surface area (TPSA) is 74.7 Å². The van der Waals surface area contributed by atoms with E-state index < -0.39 is 16.0 Å². The van der Waals surface area contributed by atoms with E-state index in [0.29, 0.717) is 24.5 Å². The van der Waals surface area contributed by atoms with Gasteiger partial charge in [-0.05, 0) is 49.4 Å². The number of hydrogen-bond acceptors (Lipinski definition) is 3. The molecular formula is C16H20ClNO4S. The van der Waals surface area contributed by atoms with Crippen LogP contribution in [0.25, 0.3) is 0 Å². The van der Waals surface area contributed by atoms with E-state index in [1.165, 1.54) is 16.4 Å². The molecule has 1 aromatic carbocycles. The summed E-state index contributed by atoms with van der Waals surface area (Å²) >= 11 is 5.79. The van der Waals surface area contributed by atoms with Crippen molar-refractivity contribution in [3.05, 3.63) is 41.4 Å². The lowest BCUT2D eigenvalue weighted by Crippen LogP contribution is -2.28. The number of rotatable bonds is 7. The monoisotopic (exact) mass is 357 g/mol. The third-order valence-electron chi connectivity index (χ3n) is 3.86. The van der Waals surface area contributed by atoms with Crippen molar-refractivity contribution < 1.29 is 18.3 Å². The van der Waals surface area contributed by atoms with Gasteiger partial charge in [0.2, 0.25) is 10.0 Å². The van der Waals surface area contributed by atoms with E-state index in [-0.39, 0.29) is 17.2 Å². The van der Waals surface area contributed by atoms with Gasteiger partial charge in [-0.3, -0.25) is 4.79 Å². The van der Waals surface area contributed by atoms with Crippen molar-refractivity contribution in [2.45, 2.75) is 30.6 Å². The number of carboxylic acid groups (broad SMARTS) is 1. The van der Waals surface area contributed by atoms with Crippen LogP contribution in [0.4, 0.5) is 0 Å². The van der Waals surface area contributed by atoms with E-state index in [1.54, 1.807) is 12.1 Å². The Balaban J connectivity index is 1.89. The van der Waals surface area contributed by atoms with Crippen molar-refractivity contribution in [2.24, 2.45) is 5.92 Å². The summed E-state index contributed by atoms with van der Waals surface area (Å²) in [5.74, 6) is -0.533. The van der Waals surface area contributed by atoms with Gasteiger partial charge in [0.15, 0.2) is 0 Å². The number of halogens is 1. The van der Waals surface area contributed by atoms with Crippen LogP contribution in [-0.2, 0) is 14.8 Å². The summed E-state index contributed by atoms with van der Waals surface area (Å²) in [5.41, 5.74) is 0. The number of carbonyl (C=O) groups is 1. The zero-order chi connectivity index (χ0) is 16.9. The maximum absolute atomic E-state index is 12.5. The second kappa shape index (κ2) is 7.95. The average Bonchev–Trinajstić information content (AvgIpc) is 2.96. The Morgan fingerprint density at radius 1 is 1.30 bits per heavy atom. The molecule has 7 heteroatoms. The minimum absolute atomic E-state index is 0.123. The van der Waals surface area contributed by atoms with Crippen molar-refractivity contribution in [2.75, 3.05) is 13.1 Å². The van der Waals surface area contributed by atoms with E-state index in [2.05, 4.69) is 0 Å². The number of hydrogen-bond donors (Lipinski definition) is 1. The normalized spacial score (nSPS) is 19.4. The standard InChI is InChI=1S/C16H20ClNO4S/c17-14-6-8-15(9-7-14)23(21,22)18-11-10-13(12-18)4-2-1-3-5-16(19)20/h1-2,6-9,13H,3-5,10-12H2,(H,19,20)/b2-1-/t13-/m1/s1. The molecule has 0 radical (unpaired) electrons. The van der Waals surface area contributed by atoms with Crippen molar-refractivity contribution in [3.8, 4) is 0 Å². The van der Waals surface area contributed by atoms with Gasteiger partial charge in [-0.1, -0.05) is 23.8 Å². The smallest absolute Gasteiger partial charge is 0.303 e. The fourth-order valence-electron chi connectivity index (χ4n) is 2.58. The molecule has 0 bridgehead atoms. The summed E-state index contributed by atoms with van der Waals surface area (Å²) < 4.78 is 26.6. The Labute approximate surface area is 141 Å². The molecule has 1 aliphatic rings. The summed E-state index contributed by atoms with van der Waals surface area (Å²) in [6, 6.07) is 6.20. The second-order valence-electron chi connectivity index (χ2n) is 5.61. The SMILES string of the molecule is O=C(O)CC/C=C\C[C@@H]1CCN(S(=O)(=O)c2ccc(Cl)cc2)C1. The van der Waals surface area contributed by atoms with Crippen LogP contribution in [0.5, 0.6) is 0 Å². The summed E-state index contributed by atoms with van der Waals surface area (Å²) in [4.78, 5) is 10.7. The summed E-state index contributed by atoms with van der Waals surface area (Å²) in [6.07, 6.45) is 6.02. The van der Waals surface area contributed by atoms with E-state index in [4.69, 9.17) is 16.7 Å². The molecule has 23 heavy (non-hydrogen) atoms. The highest BCUT2D eigenvalue weighted by molar-refractivity contribution is 7.89. The van der Waals surface area contributed by atoms with Crippen molar-refractivity contribution >= 4 is 27.6 Å². The highest BCUT2D eigenvalue weighted by atomic mass is 35.5. The van der Waals surface area contributed by atoms with Gasteiger partial charge in [-0.2, -0.15) is 4.31 Å². The molecule has 0 aliphatic carbocycles. The van der Waals surface area contributed by atoms with Gasteiger partial charge in [0.25, 0.3) is 0 Å². The van der Waals surface area contributed by atoms with Gasteiger partial charge in [0.05, 0.1) is 4.90 Å². The van der Waals surface area contributed by atoms with E-state index in [9.17, 15) is 13.2 Å². The molecule has 0 aromatic heterocycles. The van der Waals surface area contributed by atoms with Crippen molar-refractivity contribution in [3.63, 3.8) is 0 Å². The molecule has 1 aliphatic heterocycles. The zero-order valence-corrected chi connectivity index (χ0v) is 14.3. The predicted molar refractivity (Wildman–Crippen MR) is 88.9 cm³/mol. The molecule has 2 rings (SSSR count). The van der Waals surface area contributed by atoms with Gasteiger partial charge in [-0.25, -0.2) is 8.42 Å². The Hall–Kier alpha value is -1.37. The highest BCUT2D eigenvalue weighted by Crippen LogP contribution is 2.27. The number of nitrogens with zero attached hydrogens (tertiary/aromatic N) is 1.